The Morgan fingerprint density at radius 1 is 1.47 bits per heavy atom. The third-order valence-corrected chi connectivity index (χ3v) is 3.48. The Hall–Kier alpha value is -0.880. The van der Waals surface area contributed by atoms with E-state index in [9.17, 15) is 0 Å². The van der Waals surface area contributed by atoms with Crippen molar-refractivity contribution < 1.29 is 9.15 Å². The van der Waals surface area contributed by atoms with Crippen molar-refractivity contribution in [2.45, 2.75) is 6.54 Å². The molecule has 102 valence electrons. The van der Waals surface area contributed by atoms with Crippen molar-refractivity contribution in [3.8, 4) is 11.3 Å². The van der Waals surface area contributed by atoms with Crippen molar-refractivity contribution in [3.63, 3.8) is 0 Å². The molecule has 2 aromatic rings. The fourth-order valence-corrected chi connectivity index (χ4v) is 2.53. The molecule has 0 saturated carbocycles. The van der Waals surface area contributed by atoms with Crippen molar-refractivity contribution in [1.82, 2.24) is 10.3 Å². The van der Waals surface area contributed by atoms with E-state index in [1.54, 1.807) is 7.11 Å². The molecule has 0 fully saturated rings. The van der Waals surface area contributed by atoms with Crippen LogP contribution in [0.4, 0.5) is 0 Å². The van der Waals surface area contributed by atoms with Crippen LogP contribution >= 0.6 is 27.5 Å². The summed E-state index contributed by atoms with van der Waals surface area (Å²) < 4.78 is 11.3. The first-order valence-electron chi connectivity index (χ1n) is 5.80. The average molecular weight is 346 g/mol. The molecule has 1 heterocycles. The molecule has 0 aliphatic rings. The van der Waals surface area contributed by atoms with Gasteiger partial charge in [0, 0.05) is 35.3 Å². The molecule has 0 saturated heterocycles. The Balaban J connectivity index is 2.14. The van der Waals surface area contributed by atoms with E-state index in [0.29, 0.717) is 18.2 Å². The van der Waals surface area contributed by atoms with Gasteiger partial charge in [-0.05, 0) is 34.1 Å². The van der Waals surface area contributed by atoms with E-state index in [4.69, 9.17) is 20.8 Å². The van der Waals surface area contributed by atoms with E-state index in [1.165, 1.54) is 6.39 Å². The second-order valence-corrected chi connectivity index (χ2v) is 5.21. The first-order chi connectivity index (χ1) is 9.22. The third kappa shape index (κ3) is 3.79. The van der Waals surface area contributed by atoms with Crippen LogP contribution in [0.1, 0.15) is 5.69 Å². The molecular formula is C13H14BrClN2O2. The second-order valence-electron chi connectivity index (χ2n) is 3.92. The average Bonchev–Trinajstić information content (AvgIpc) is 2.83. The number of nitrogens with one attached hydrogen (secondary N) is 1. The fraction of sp³-hybridized carbons (Fsp3) is 0.308. The molecule has 1 aromatic carbocycles. The zero-order valence-electron chi connectivity index (χ0n) is 10.5. The molecular weight excluding hydrogens is 332 g/mol. The number of benzene rings is 1. The molecule has 0 amide bonds. The Morgan fingerprint density at radius 2 is 2.32 bits per heavy atom. The van der Waals surface area contributed by atoms with Crippen LogP contribution in [0.5, 0.6) is 0 Å². The summed E-state index contributed by atoms with van der Waals surface area (Å²) in [5.74, 6) is 0.744. The highest BCUT2D eigenvalue weighted by Crippen LogP contribution is 2.32. The predicted molar refractivity (Wildman–Crippen MR) is 78.2 cm³/mol. The molecule has 1 aromatic heterocycles. The van der Waals surface area contributed by atoms with Crippen molar-refractivity contribution in [2.24, 2.45) is 0 Å². The van der Waals surface area contributed by atoms with Crippen molar-refractivity contribution in [1.29, 1.82) is 0 Å². The fourth-order valence-electron chi connectivity index (χ4n) is 1.67. The molecule has 4 nitrogen and oxygen atoms in total. The normalized spacial score (nSPS) is 10.9. The number of oxazole rings is 1. The zero-order chi connectivity index (χ0) is 13.7. The minimum atomic E-state index is 0.629. The molecule has 0 bridgehead atoms. The topological polar surface area (TPSA) is 47.3 Å². The van der Waals surface area contributed by atoms with Gasteiger partial charge in [0.25, 0.3) is 0 Å². The third-order valence-electron chi connectivity index (χ3n) is 2.59. The Kier molecular flexibility index (Phi) is 5.39. The number of methoxy groups -OCH3 is 1. The van der Waals surface area contributed by atoms with E-state index < -0.39 is 0 Å². The Morgan fingerprint density at radius 3 is 3.05 bits per heavy atom. The number of hydrogen-bond donors (Lipinski definition) is 1. The molecule has 0 unspecified atom stereocenters. The summed E-state index contributed by atoms with van der Waals surface area (Å²) in [5.41, 5.74) is 1.80. The van der Waals surface area contributed by atoms with Crippen LogP contribution < -0.4 is 5.32 Å². The summed E-state index contributed by atoms with van der Waals surface area (Å²) in [4.78, 5) is 4.23. The molecule has 0 atom stereocenters. The van der Waals surface area contributed by atoms with Gasteiger partial charge >= 0.3 is 0 Å². The van der Waals surface area contributed by atoms with E-state index in [1.807, 2.05) is 18.2 Å². The lowest BCUT2D eigenvalue weighted by Crippen LogP contribution is -2.19. The number of rotatable bonds is 6. The van der Waals surface area contributed by atoms with Gasteiger partial charge in [-0.15, -0.1) is 0 Å². The van der Waals surface area contributed by atoms with Crippen molar-refractivity contribution in [3.05, 3.63) is 39.8 Å². The van der Waals surface area contributed by atoms with Gasteiger partial charge in [0.05, 0.1) is 6.61 Å². The maximum absolute atomic E-state index is 5.93. The molecule has 1 N–H and O–H groups in total. The molecule has 0 aliphatic carbocycles. The van der Waals surface area contributed by atoms with Crippen LogP contribution in [0.25, 0.3) is 11.3 Å². The monoisotopic (exact) mass is 344 g/mol. The van der Waals surface area contributed by atoms with Gasteiger partial charge in [0.15, 0.2) is 12.2 Å². The first kappa shape index (κ1) is 14.5. The van der Waals surface area contributed by atoms with Crippen LogP contribution in [0.3, 0.4) is 0 Å². The molecule has 2 rings (SSSR count). The van der Waals surface area contributed by atoms with Crippen molar-refractivity contribution >= 4 is 27.5 Å². The minimum Gasteiger partial charge on any atom is -0.443 e. The molecule has 0 aliphatic heterocycles. The predicted octanol–water partition coefficient (Wildman–Crippen LogP) is 3.49. The van der Waals surface area contributed by atoms with Gasteiger partial charge in [-0.25, -0.2) is 4.98 Å². The zero-order valence-corrected chi connectivity index (χ0v) is 12.8. The van der Waals surface area contributed by atoms with Crippen LogP contribution in [0.15, 0.2) is 33.5 Å². The lowest BCUT2D eigenvalue weighted by Gasteiger charge is -2.05. The lowest BCUT2D eigenvalue weighted by molar-refractivity contribution is 0.199. The number of aromatic nitrogens is 1. The van der Waals surface area contributed by atoms with Gasteiger partial charge < -0.3 is 14.5 Å². The van der Waals surface area contributed by atoms with Gasteiger partial charge in [-0.3, -0.25) is 0 Å². The Labute approximate surface area is 125 Å². The molecule has 19 heavy (non-hydrogen) atoms. The van der Waals surface area contributed by atoms with E-state index in [-0.39, 0.29) is 0 Å². The summed E-state index contributed by atoms with van der Waals surface area (Å²) in [6, 6.07) is 5.57. The maximum Gasteiger partial charge on any atom is 0.181 e. The van der Waals surface area contributed by atoms with Gasteiger partial charge in [0.2, 0.25) is 0 Å². The summed E-state index contributed by atoms with van der Waals surface area (Å²) in [6.07, 6.45) is 1.45. The lowest BCUT2D eigenvalue weighted by atomic mass is 10.1. The quantitative estimate of drug-likeness (QED) is 0.814. The van der Waals surface area contributed by atoms with Crippen LogP contribution in [0.2, 0.25) is 5.02 Å². The number of nitrogens with zero attached hydrogens (tertiary/aromatic N) is 1. The Bertz CT molecular complexity index is 545. The van der Waals surface area contributed by atoms with E-state index in [2.05, 4.69) is 26.2 Å². The first-order valence-corrected chi connectivity index (χ1v) is 6.97. The number of halogens is 2. The smallest absolute Gasteiger partial charge is 0.181 e. The summed E-state index contributed by atoms with van der Waals surface area (Å²) in [6.45, 7) is 2.06. The standard InChI is InChI=1S/C13H14BrClN2O2/c1-18-5-4-16-7-12-13(19-8-17-12)10-3-2-9(15)6-11(10)14/h2-3,6,8,16H,4-5,7H2,1H3. The van der Waals surface area contributed by atoms with E-state index in [0.717, 1.165) is 28.0 Å². The highest BCUT2D eigenvalue weighted by Gasteiger charge is 2.13. The second kappa shape index (κ2) is 7.05. The summed E-state index contributed by atoms with van der Waals surface area (Å²) in [7, 11) is 1.67. The van der Waals surface area contributed by atoms with Gasteiger partial charge in [-0.1, -0.05) is 11.6 Å². The number of hydrogen-bond acceptors (Lipinski definition) is 4. The minimum absolute atomic E-state index is 0.629. The largest absolute Gasteiger partial charge is 0.443 e. The molecule has 0 radical (unpaired) electrons. The highest BCUT2D eigenvalue weighted by atomic mass is 79.9. The summed E-state index contributed by atoms with van der Waals surface area (Å²) >= 11 is 9.42. The maximum atomic E-state index is 5.93. The van der Waals surface area contributed by atoms with Crippen LogP contribution in [-0.2, 0) is 11.3 Å². The van der Waals surface area contributed by atoms with E-state index >= 15 is 0 Å². The van der Waals surface area contributed by atoms with Crippen LogP contribution in [-0.4, -0.2) is 25.2 Å². The highest BCUT2D eigenvalue weighted by molar-refractivity contribution is 9.10. The van der Waals surface area contributed by atoms with Gasteiger partial charge in [0.1, 0.15) is 5.69 Å². The molecule has 0 spiro atoms. The van der Waals surface area contributed by atoms with Crippen LogP contribution in [0, 0.1) is 0 Å². The van der Waals surface area contributed by atoms with Crippen molar-refractivity contribution in [2.75, 3.05) is 20.3 Å². The number of ether oxygens (including phenoxy) is 1. The molecule has 6 heteroatoms. The SMILES string of the molecule is COCCNCc1ncoc1-c1ccc(Cl)cc1Br. The van der Waals surface area contributed by atoms with Gasteiger partial charge in [-0.2, -0.15) is 0 Å². The summed E-state index contributed by atoms with van der Waals surface area (Å²) in [5, 5.41) is 3.92.